The van der Waals surface area contributed by atoms with E-state index in [0.29, 0.717) is 5.88 Å². The molecule has 0 bridgehead atoms. The fourth-order valence-electron chi connectivity index (χ4n) is 2.69. The minimum absolute atomic E-state index is 0.593. The Labute approximate surface area is 130 Å². The molecule has 0 N–H and O–H groups in total. The van der Waals surface area contributed by atoms with Gasteiger partial charge in [-0.25, -0.2) is 4.98 Å². The van der Waals surface area contributed by atoms with Gasteiger partial charge in [-0.05, 0) is 42.7 Å². The summed E-state index contributed by atoms with van der Waals surface area (Å²) in [5.74, 6) is 1.66. The molecule has 0 saturated carbocycles. The van der Waals surface area contributed by atoms with Gasteiger partial charge in [-0.3, -0.25) is 0 Å². The first-order chi connectivity index (χ1) is 10.2. The second-order valence-electron chi connectivity index (χ2n) is 5.47. The molecule has 3 heteroatoms. The number of fused-ring (bicyclic) bond motifs is 1. The van der Waals surface area contributed by atoms with Crippen LogP contribution in [-0.2, 0) is 13.0 Å². The average Bonchev–Trinajstić information content (AvgIpc) is 2.79. The zero-order valence-electron chi connectivity index (χ0n) is 12.4. The number of nitrogens with zero attached hydrogens (tertiary/aromatic N) is 2. The van der Waals surface area contributed by atoms with Crippen LogP contribution in [0.4, 0.5) is 0 Å². The van der Waals surface area contributed by atoms with Crippen LogP contribution in [0.5, 0.6) is 0 Å². The van der Waals surface area contributed by atoms with E-state index in [1.807, 2.05) is 0 Å². The lowest BCUT2D eigenvalue weighted by Crippen LogP contribution is -2.07. The predicted octanol–water partition coefficient (Wildman–Crippen LogP) is 4.48. The molecule has 0 radical (unpaired) electrons. The second-order valence-corrected chi connectivity index (χ2v) is 5.85. The van der Waals surface area contributed by atoms with Crippen LogP contribution in [0, 0.1) is 13.8 Å². The molecule has 0 unspecified atom stereocenters. The van der Waals surface area contributed by atoms with Crippen LogP contribution in [0.1, 0.15) is 22.5 Å². The molecule has 1 heterocycles. The van der Waals surface area contributed by atoms with Gasteiger partial charge in [0.2, 0.25) is 0 Å². The zero-order valence-corrected chi connectivity index (χ0v) is 13.2. The molecule has 2 aromatic carbocycles. The molecule has 3 aromatic rings. The first-order valence-electron chi connectivity index (χ1n) is 7.25. The summed E-state index contributed by atoms with van der Waals surface area (Å²) in [5, 5.41) is 0. The maximum atomic E-state index is 5.95. The molecule has 21 heavy (non-hydrogen) atoms. The highest BCUT2D eigenvalue weighted by Crippen LogP contribution is 2.21. The van der Waals surface area contributed by atoms with E-state index in [4.69, 9.17) is 16.6 Å². The molecule has 0 aliphatic heterocycles. The maximum absolute atomic E-state index is 5.95. The van der Waals surface area contributed by atoms with Gasteiger partial charge in [0.05, 0.1) is 11.0 Å². The summed E-state index contributed by atoms with van der Waals surface area (Å²) in [5.41, 5.74) is 6.14. The quantitative estimate of drug-likeness (QED) is 0.649. The third kappa shape index (κ3) is 2.81. The van der Waals surface area contributed by atoms with Gasteiger partial charge in [0.25, 0.3) is 0 Å². The number of alkyl halides is 1. The number of hydrogen-bond acceptors (Lipinski definition) is 1. The maximum Gasteiger partial charge on any atom is 0.111 e. The van der Waals surface area contributed by atoms with Crippen LogP contribution in [0.25, 0.3) is 11.0 Å². The van der Waals surface area contributed by atoms with Crippen molar-refractivity contribution in [1.29, 1.82) is 0 Å². The fraction of sp³-hybridized carbons (Fsp3) is 0.278. The highest BCUT2D eigenvalue weighted by molar-refractivity contribution is 6.17. The SMILES string of the molecule is Cc1ccc2nc(CCCl)n(Cc3ccccc3C)c2c1. The number of hydrogen-bond donors (Lipinski definition) is 0. The Bertz CT molecular complexity index is 774. The lowest BCUT2D eigenvalue weighted by molar-refractivity contribution is 0.751. The van der Waals surface area contributed by atoms with Gasteiger partial charge in [-0.1, -0.05) is 30.3 Å². The van der Waals surface area contributed by atoms with Crippen LogP contribution < -0.4 is 0 Å². The molecular weight excluding hydrogens is 280 g/mol. The van der Waals surface area contributed by atoms with E-state index in [1.165, 1.54) is 22.2 Å². The minimum atomic E-state index is 0.593. The Morgan fingerprint density at radius 2 is 1.90 bits per heavy atom. The van der Waals surface area contributed by atoms with Gasteiger partial charge in [0, 0.05) is 18.8 Å². The van der Waals surface area contributed by atoms with Crippen molar-refractivity contribution in [3.63, 3.8) is 0 Å². The molecule has 0 fully saturated rings. The third-order valence-electron chi connectivity index (χ3n) is 3.89. The molecule has 3 rings (SSSR count). The van der Waals surface area contributed by atoms with Gasteiger partial charge in [0.1, 0.15) is 5.82 Å². The van der Waals surface area contributed by atoms with E-state index in [0.717, 1.165) is 24.3 Å². The van der Waals surface area contributed by atoms with Gasteiger partial charge < -0.3 is 4.57 Å². The summed E-state index contributed by atoms with van der Waals surface area (Å²) < 4.78 is 2.30. The topological polar surface area (TPSA) is 17.8 Å². The Hall–Kier alpha value is -1.80. The van der Waals surface area contributed by atoms with Crippen LogP contribution >= 0.6 is 11.6 Å². The monoisotopic (exact) mass is 298 g/mol. The van der Waals surface area contributed by atoms with Crippen molar-refractivity contribution in [3.05, 3.63) is 65.0 Å². The Balaban J connectivity index is 2.12. The Kier molecular flexibility index (Phi) is 3.98. The molecule has 0 amide bonds. The number of aryl methyl sites for hydroxylation is 3. The standard InChI is InChI=1S/C18H19ClN2/c1-13-7-8-16-17(11-13)21(18(20-16)9-10-19)12-15-6-4-3-5-14(15)2/h3-8,11H,9-10,12H2,1-2H3. The van der Waals surface area contributed by atoms with Crippen LogP contribution in [0.2, 0.25) is 0 Å². The molecule has 2 nitrogen and oxygen atoms in total. The number of benzene rings is 2. The highest BCUT2D eigenvalue weighted by Gasteiger charge is 2.11. The predicted molar refractivity (Wildman–Crippen MR) is 89.2 cm³/mol. The Morgan fingerprint density at radius 1 is 1.10 bits per heavy atom. The van der Waals surface area contributed by atoms with E-state index in [-0.39, 0.29) is 0 Å². The van der Waals surface area contributed by atoms with Gasteiger partial charge in [-0.15, -0.1) is 11.6 Å². The summed E-state index contributed by atoms with van der Waals surface area (Å²) in [7, 11) is 0. The van der Waals surface area contributed by atoms with E-state index in [2.05, 4.69) is 60.9 Å². The molecule has 0 spiro atoms. The number of imidazole rings is 1. The van der Waals surface area contributed by atoms with Crippen molar-refractivity contribution in [2.45, 2.75) is 26.8 Å². The van der Waals surface area contributed by atoms with E-state index in [9.17, 15) is 0 Å². The van der Waals surface area contributed by atoms with E-state index >= 15 is 0 Å². The average molecular weight is 299 g/mol. The van der Waals surface area contributed by atoms with E-state index < -0.39 is 0 Å². The summed E-state index contributed by atoms with van der Waals surface area (Å²) in [6.45, 7) is 5.12. The smallest absolute Gasteiger partial charge is 0.111 e. The lowest BCUT2D eigenvalue weighted by atomic mass is 10.1. The van der Waals surface area contributed by atoms with Crippen molar-refractivity contribution in [2.75, 3.05) is 5.88 Å². The fourth-order valence-corrected chi connectivity index (χ4v) is 2.86. The number of aromatic nitrogens is 2. The highest BCUT2D eigenvalue weighted by atomic mass is 35.5. The lowest BCUT2D eigenvalue weighted by Gasteiger charge is -2.11. The van der Waals surface area contributed by atoms with Crippen LogP contribution in [0.3, 0.4) is 0 Å². The third-order valence-corrected chi connectivity index (χ3v) is 4.08. The first-order valence-corrected chi connectivity index (χ1v) is 7.78. The van der Waals surface area contributed by atoms with Crippen LogP contribution in [0.15, 0.2) is 42.5 Å². The first kappa shape index (κ1) is 14.2. The van der Waals surface area contributed by atoms with Crippen molar-refractivity contribution in [2.24, 2.45) is 0 Å². The van der Waals surface area contributed by atoms with Crippen molar-refractivity contribution in [1.82, 2.24) is 9.55 Å². The van der Waals surface area contributed by atoms with Crippen LogP contribution in [-0.4, -0.2) is 15.4 Å². The Morgan fingerprint density at radius 3 is 2.67 bits per heavy atom. The summed E-state index contributed by atoms with van der Waals surface area (Å²) in [4.78, 5) is 4.75. The summed E-state index contributed by atoms with van der Waals surface area (Å²) in [6.07, 6.45) is 0.793. The molecule has 0 aliphatic rings. The second kappa shape index (κ2) is 5.90. The number of rotatable bonds is 4. The van der Waals surface area contributed by atoms with Gasteiger partial charge in [0.15, 0.2) is 0 Å². The number of halogens is 1. The largest absolute Gasteiger partial charge is 0.323 e. The zero-order chi connectivity index (χ0) is 14.8. The summed E-state index contributed by atoms with van der Waals surface area (Å²) >= 11 is 5.95. The van der Waals surface area contributed by atoms with Gasteiger partial charge >= 0.3 is 0 Å². The molecule has 1 aromatic heterocycles. The summed E-state index contributed by atoms with van der Waals surface area (Å²) in [6, 6.07) is 14.9. The molecule has 0 aliphatic carbocycles. The molecular formula is C18H19ClN2. The molecule has 0 atom stereocenters. The molecule has 108 valence electrons. The minimum Gasteiger partial charge on any atom is -0.323 e. The normalized spacial score (nSPS) is 11.2. The van der Waals surface area contributed by atoms with Crippen molar-refractivity contribution < 1.29 is 0 Å². The van der Waals surface area contributed by atoms with E-state index in [1.54, 1.807) is 0 Å². The van der Waals surface area contributed by atoms with Crippen molar-refractivity contribution in [3.8, 4) is 0 Å². The van der Waals surface area contributed by atoms with Crippen molar-refractivity contribution >= 4 is 22.6 Å². The molecule has 0 saturated heterocycles. The van der Waals surface area contributed by atoms with Gasteiger partial charge in [-0.2, -0.15) is 0 Å².